The Morgan fingerprint density at radius 2 is 0.686 bits per heavy atom. The molecule has 1 aliphatic heterocycles. The van der Waals surface area contributed by atoms with Crippen molar-refractivity contribution < 1.29 is 4.74 Å². The summed E-state index contributed by atoms with van der Waals surface area (Å²) in [5, 5.41) is 0. The smallest absolute Gasteiger partial charge is 0.132 e. The Balaban J connectivity index is 1.35. The van der Waals surface area contributed by atoms with Crippen molar-refractivity contribution in [2.75, 3.05) is 0 Å². The fourth-order valence-electron chi connectivity index (χ4n) is 9.21. The summed E-state index contributed by atoms with van der Waals surface area (Å²) in [6, 6.07) is 75.1. The number of rotatable bonds is 5. The Morgan fingerprint density at radius 1 is 0.275 bits per heavy atom. The molecule has 0 amide bonds. The summed E-state index contributed by atoms with van der Waals surface area (Å²) < 4.78 is 6.91. The summed E-state index contributed by atoms with van der Waals surface area (Å²) >= 11 is 0. The Hall–Kier alpha value is -6.44. The van der Waals surface area contributed by atoms with E-state index in [-0.39, 0.29) is 0 Å². The number of benzene rings is 8. The number of hydrogen-bond donors (Lipinski definition) is 0. The van der Waals surface area contributed by atoms with Crippen LogP contribution in [0, 0.1) is 0 Å². The predicted molar refractivity (Wildman–Crippen MR) is 208 cm³/mol. The molecular formula is C50H34O. The van der Waals surface area contributed by atoms with Gasteiger partial charge in [-0.25, -0.2) is 0 Å². The van der Waals surface area contributed by atoms with Gasteiger partial charge in [0.2, 0.25) is 0 Å². The van der Waals surface area contributed by atoms with Gasteiger partial charge in [0, 0.05) is 11.1 Å². The molecule has 0 unspecified atom stereocenters. The van der Waals surface area contributed by atoms with Gasteiger partial charge in [-0.1, -0.05) is 194 Å². The van der Waals surface area contributed by atoms with Crippen LogP contribution in [0.15, 0.2) is 206 Å². The largest absolute Gasteiger partial charge is 0.457 e. The highest BCUT2D eigenvalue weighted by atomic mass is 16.5. The van der Waals surface area contributed by atoms with Crippen LogP contribution in [-0.2, 0) is 10.8 Å². The standard InChI is InChI=1S/C50H34O/c1-5-19-35(20-6-1)49(36-21-7-2-8-22-36)42-30-14-13-27-41(42)47-39(28-17-32-44(47)49)40-29-18-34-46-48(40)50(37-23-9-3-10-24-37,38-25-11-4-12-26-38)43-31-15-16-33-45(43)51-46/h1-34H. The van der Waals surface area contributed by atoms with Gasteiger partial charge in [0.1, 0.15) is 11.5 Å². The lowest BCUT2D eigenvalue weighted by Gasteiger charge is -2.43. The fourth-order valence-corrected chi connectivity index (χ4v) is 9.21. The normalized spacial score (nSPS) is 14.4. The maximum absolute atomic E-state index is 6.91. The Kier molecular flexibility index (Phi) is 6.69. The van der Waals surface area contributed by atoms with Crippen LogP contribution < -0.4 is 4.74 Å². The molecule has 8 aromatic carbocycles. The van der Waals surface area contributed by atoms with Crippen molar-refractivity contribution in [2.45, 2.75) is 10.8 Å². The minimum Gasteiger partial charge on any atom is -0.457 e. The molecular weight excluding hydrogens is 617 g/mol. The lowest BCUT2D eigenvalue weighted by molar-refractivity contribution is 0.435. The molecule has 8 aromatic rings. The topological polar surface area (TPSA) is 9.23 Å². The fraction of sp³-hybridized carbons (Fsp3) is 0.0400. The van der Waals surface area contributed by atoms with Crippen molar-refractivity contribution in [3.63, 3.8) is 0 Å². The van der Waals surface area contributed by atoms with Gasteiger partial charge in [-0.05, 0) is 67.8 Å². The minimum atomic E-state index is -0.639. The molecule has 1 heterocycles. The van der Waals surface area contributed by atoms with Gasteiger partial charge in [0.05, 0.1) is 10.8 Å². The van der Waals surface area contributed by atoms with Crippen LogP contribution in [0.3, 0.4) is 0 Å². The quantitative estimate of drug-likeness (QED) is 0.180. The van der Waals surface area contributed by atoms with E-state index in [1.165, 1.54) is 55.6 Å². The van der Waals surface area contributed by atoms with Crippen LogP contribution in [0.25, 0.3) is 22.3 Å². The van der Waals surface area contributed by atoms with E-state index >= 15 is 0 Å². The zero-order chi connectivity index (χ0) is 33.8. The molecule has 0 aromatic heterocycles. The maximum Gasteiger partial charge on any atom is 0.132 e. The van der Waals surface area contributed by atoms with E-state index in [2.05, 4.69) is 206 Å². The molecule has 1 heteroatoms. The second kappa shape index (κ2) is 11.6. The first-order chi connectivity index (χ1) is 25.3. The van der Waals surface area contributed by atoms with Gasteiger partial charge < -0.3 is 4.74 Å². The first-order valence-corrected chi connectivity index (χ1v) is 17.7. The molecule has 1 aliphatic carbocycles. The van der Waals surface area contributed by atoms with Crippen LogP contribution in [0.4, 0.5) is 0 Å². The van der Waals surface area contributed by atoms with E-state index < -0.39 is 10.8 Å². The lowest BCUT2D eigenvalue weighted by atomic mass is 9.62. The highest BCUT2D eigenvalue weighted by molar-refractivity contribution is 5.97. The molecule has 0 saturated carbocycles. The second-order valence-corrected chi connectivity index (χ2v) is 13.5. The van der Waals surface area contributed by atoms with E-state index in [0.29, 0.717) is 0 Å². The predicted octanol–water partition coefficient (Wildman–Crippen LogP) is 12.2. The molecule has 1 nitrogen and oxygen atoms in total. The van der Waals surface area contributed by atoms with E-state index in [0.717, 1.165) is 22.6 Å². The third-order valence-electron chi connectivity index (χ3n) is 11.1. The lowest BCUT2D eigenvalue weighted by Crippen LogP contribution is -2.34. The van der Waals surface area contributed by atoms with Crippen molar-refractivity contribution in [3.8, 4) is 33.8 Å². The molecule has 0 bridgehead atoms. The van der Waals surface area contributed by atoms with E-state index in [1.54, 1.807) is 0 Å². The highest BCUT2D eigenvalue weighted by Crippen LogP contribution is 2.62. The maximum atomic E-state index is 6.91. The average molecular weight is 651 g/mol. The van der Waals surface area contributed by atoms with Gasteiger partial charge in [-0.15, -0.1) is 0 Å². The zero-order valence-electron chi connectivity index (χ0n) is 28.0. The molecule has 0 spiro atoms. The monoisotopic (exact) mass is 650 g/mol. The second-order valence-electron chi connectivity index (χ2n) is 13.5. The van der Waals surface area contributed by atoms with E-state index in [1.807, 2.05) is 0 Å². The number of ether oxygens (including phenoxy) is 1. The third kappa shape index (κ3) is 4.09. The number of fused-ring (bicyclic) bond motifs is 5. The summed E-state index contributed by atoms with van der Waals surface area (Å²) in [7, 11) is 0. The molecule has 2 aliphatic rings. The number of hydrogen-bond acceptors (Lipinski definition) is 1. The summed E-state index contributed by atoms with van der Waals surface area (Å²) in [6.45, 7) is 0. The summed E-state index contributed by atoms with van der Waals surface area (Å²) in [5.41, 5.74) is 13.6. The molecule has 10 rings (SSSR count). The van der Waals surface area contributed by atoms with Crippen molar-refractivity contribution in [2.24, 2.45) is 0 Å². The van der Waals surface area contributed by atoms with E-state index in [9.17, 15) is 0 Å². The Bertz CT molecular complexity index is 2460. The molecule has 0 N–H and O–H groups in total. The molecule has 0 fully saturated rings. The first kappa shape index (κ1) is 29.5. The summed E-state index contributed by atoms with van der Waals surface area (Å²) in [5.74, 6) is 1.76. The number of para-hydroxylation sites is 1. The SMILES string of the molecule is c1ccc(C2(c3ccccc3)c3ccccc3-c3c(-c4cccc5c4C(c4ccccc4)(c4ccccc4)c4ccccc4O5)cccc32)cc1. The Morgan fingerprint density at radius 3 is 1.29 bits per heavy atom. The van der Waals surface area contributed by atoms with Crippen molar-refractivity contribution in [1.82, 2.24) is 0 Å². The van der Waals surface area contributed by atoms with Crippen LogP contribution >= 0.6 is 0 Å². The molecule has 240 valence electrons. The zero-order valence-corrected chi connectivity index (χ0v) is 28.0. The first-order valence-electron chi connectivity index (χ1n) is 17.7. The van der Waals surface area contributed by atoms with Crippen LogP contribution in [0.1, 0.15) is 44.5 Å². The minimum absolute atomic E-state index is 0.488. The van der Waals surface area contributed by atoms with Crippen molar-refractivity contribution >= 4 is 0 Å². The molecule has 0 radical (unpaired) electrons. The molecule has 0 atom stereocenters. The van der Waals surface area contributed by atoms with Gasteiger partial charge in [-0.3, -0.25) is 0 Å². The molecule has 51 heavy (non-hydrogen) atoms. The molecule has 0 saturated heterocycles. The third-order valence-corrected chi connectivity index (χ3v) is 11.1. The van der Waals surface area contributed by atoms with Crippen LogP contribution in [-0.4, -0.2) is 0 Å². The van der Waals surface area contributed by atoms with Crippen molar-refractivity contribution in [1.29, 1.82) is 0 Å². The van der Waals surface area contributed by atoms with Gasteiger partial charge in [-0.2, -0.15) is 0 Å². The summed E-state index contributed by atoms with van der Waals surface area (Å²) in [4.78, 5) is 0. The van der Waals surface area contributed by atoms with Crippen molar-refractivity contribution in [3.05, 3.63) is 251 Å². The van der Waals surface area contributed by atoms with Crippen LogP contribution in [0.2, 0.25) is 0 Å². The summed E-state index contributed by atoms with van der Waals surface area (Å²) in [6.07, 6.45) is 0. The van der Waals surface area contributed by atoms with Gasteiger partial charge >= 0.3 is 0 Å². The highest BCUT2D eigenvalue weighted by Gasteiger charge is 2.49. The average Bonchev–Trinajstić information content (AvgIpc) is 3.52. The Labute approximate surface area is 299 Å². The van der Waals surface area contributed by atoms with E-state index in [4.69, 9.17) is 4.74 Å². The van der Waals surface area contributed by atoms with Gasteiger partial charge in [0.15, 0.2) is 0 Å². The van der Waals surface area contributed by atoms with Gasteiger partial charge in [0.25, 0.3) is 0 Å². The van der Waals surface area contributed by atoms with Crippen LogP contribution in [0.5, 0.6) is 11.5 Å².